The molecule has 0 saturated carbocycles. The van der Waals surface area contributed by atoms with Crippen LogP contribution in [0.15, 0.2) is 65.1 Å². The molecule has 3 aromatic carbocycles. The number of amides is 2. The molecule has 1 atom stereocenters. The fourth-order valence-electron chi connectivity index (χ4n) is 3.53. The molecule has 2 amide bonds. The van der Waals surface area contributed by atoms with Gasteiger partial charge < -0.3 is 19.7 Å². The van der Waals surface area contributed by atoms with Crippen molar-refractivity contribution in [1.82, 2.24) is 10.2 Å². The van der Waals surface area contributed by atoms with Crippen molar-refractivity contribution in [2.24, 2.45) is 0 Å². The molecule has 180 valence electrons. The molecule has 3 aromatic rings. The lowest BCUT2D eigenvalue weighted by Crippen LogP contribution is -2.53. The van der Waals surface area contributed by atoms with Gasteiger partial charge in [0.2, 0.25) is 5.91 Å². The molecular weight excluding hydrogens is 496 g/mol. The lowest BCUT2D eigenvalue weighted by Gasteiger charge is -2.31. The Balaban J connectivity index is 1.80. The van der Waals surface area contributed by atoms with E-state index in [1.165, 1.54) is 4.90 Å². The summed E-state index contributed by atoms with van der Waals surface area (Å²) in [4.78, 5) is 27.7. The van der Waals surface area contributed by atoms with Gasteiger partial charge in [-0.15, -0.1) is 0 Å². The second-order valence-corrected chi connectivity index (χ2v) is 9.97. The number of halogens is 1. The number of ether oxygens (including phenoxy) is 2. The summed E-state index contributed by atoms with van der Waals surface area (Å²) in [5.41, 5.74) is 0.476. The van der Waals surface area contributed by atoms with E-state index < -0.39 is 11.6 Å². The van der Waals surface area contributed by atoms with Gasteiger partial charge in [0.25, 0.3) is 5.91 Å². The fraction of sp³-hybridized carbons (Fsp3) is 0.333. The number of rotatable bonds is 8. The van der Waals surface area contributed by atoms with Crippen molar-refractivity contribution in [1.29, 1.82) is 0 Å². The van der Waals surface area contributed by atoms with Crippen molar-refractivity contribution in [3.8, 4) is 11.5 Å². The summed E-state index contributed by atoms with van der Waals surface area (Å²) in [5, 5.41) is 5.03. The molecule has 0 fully saturated rings. The molecule has 7 heteroatoms. The summed E-state index contributed by atoms with van der Waals surface area (Å²) >= 11 is 3.60. The Morgan fingerprint density at radius 1 is 1.03 bits per heavy atom. The maximum atomic E-state index is 13.3. The van der Waals surface area contributed by atoms with Crippen molar-refractivity contribution >= 4 is 38.5 Å². The number of nitrogens with zero attached hydrogens (tertiary/aromatic N) is 1. The average Bonchev–Trinajstić information content (AvgIpc) is 2.81. The fourth-order valence-corrected chi connectivity index (χ4v) is 4.14. The summed E-state index contributed by atoms with van der Waals surface area (Å²) in [6.45, 7) is 7.54. The van der Waals surface area contributed by atoms with Gasteiger partial charge in [0, 0.05) is 12.1 Å². The Hall–Kier alpha value is -3.06. The van der Waals surface area contributed by atoms with Crippen LogP contribution in [0.4, 0.5) is 0 Å². The van der Waals surface area contributed by atoms with Crippen molar-refractivity contribution in [3.05, 3.63) is 70.7 Å². The first-order chi connectivity index (χ1) is 16.1. The van der Waals surface area contributed by atoms with Crippen LogP contribution >= 0.6 is 15.9 Å². The highest BCUT2D eigenvalue weighted by molar-refractivity contribution is 9.10. The van der Waals surface area contributed by atoms with Crippen LogP contribution < -0.4 is 14.8 Å². The Kier molecular flexibility index (Phi) is 8.20. The zero-order chi connectivity index (χ0) is 24.9. The van der Waals surface area contributed by atoms with E-state index in [4.69, 9.17) is 9.47 Å². The number of benzene rings is 3. The van der Waals surface area contributed by atoms with Gasteiger partial charge in [-0.2, -0.15) is 0 Å². The Morgan fingerprint density at radius 3 is 2.35 bits per heavy atom. The van der Waals surface area contributed by atoms with E-state index in [1.807, 2.05) is 81.4 Å². The third-order valence-electron chi connectivity index (χ3n) is 5.36. The number of fused-ring (bicyclic) bond motifs is 1. The van der Waals surface area contributed by atoms with E-state index in [2.05, 4.69) is 21.2 Å². The normalized spacial score (nSPS) is 12.2. The molecule has 3 rings (SSSR count). The molecule has 0 aliphatic carbocycles. The van der Waals surface area contributed by atoms with E-state index in [0.717, 1.165) is 26.6 Å². The van der Waals surface area contributed by atoms with Crippen molar-refractivity contribution < 1.29 is 19.1 Å². The van der Waals surface area contributed by atoms with Crippen LogP contribution in [-0.4, -0.2) is 42.0 Å². The monoisotopic (exact) mass is 526 g/mol. The minimum Gasteiger partial charge on any atom is -0.497 e. The quantitative estimate of drug-likeness (QED) is 0.431. The summed E-state index contributed by atoms with van der Waals surface area (Å²) in [5.74, 6) is 0.793. The van der Waals surface area contributed by atoms with E-state index in [-0.39, 0.29) is 25.0 Å². The summed E-state index contributed by atoms with van der Waals surface area (Å²) in [6.07, 6.45) is 0. The number of nitrogens with one attached hydrogen (secondary N) is 1. The predicted octanol–water partition coefficient (Wildman–Crippen LogP) is 5.32. The number of hydrogen-bond donors (Lipinski definition) is 1. The Morgan fingerprint density at radius 2 is 1.71 bits per heavy atom. The van der Waals surface area contributed by atoms with E-state index in [9.17, 15) is 9.59 Å². The summed E-state index contributed by atoms with van der Waals surface area (Å²) in [7, 11) is 1.60. The van der Waals surface area contributed by atoms with Gasteiger partial charge in [0.1, 0.15) is 17.5 Å². The molecule has 0 bridgehead atoms. The molecule has 0 saturated heterocycles. The second-order valence-electron chi connectivity index (χ2n) is 9.17. The van der Waals surface area contributed by atoms with Crippen LogP contribution in [0, 0.1) is 0 Å². The topological polar surface area (TPSA) is 67.9 Å². The number of hydrogen-bond acceptors (Lipinski definition) is 4. The van der Waals surface area contributed by atoms with Crippen LogP contribution in [0.1, 0.15) is 33.3 Å². The van der Waals surface area contributed by atoms with Gasteiger partial charge in [-0.1, -0.05) is 42.5 Å². The molecule has 0 radical (unpaired) electrons. The van der Waals surface area contributed by atoms with Crippen molar-refractivity contribution in [2.45, 2.75) is 45.8 Å². The van der Waals surface area contributed by atoms with Crippen LogP contribution in [-0.2, 0) is 16.1 Å². The standard InChI is InChI=1S/C27H31BrN2O4/c1-18(26(32)29-27(2,3)4)30(16-19-10-13-21(33-5)14-11-19)24(31)17-34-23-15-12-20-8-6-7-9-22(20)25(23)28/h6-15,18H,16-17H2,1-5H3,(H,29,32)/t18-/m0/s1. The third-order valence-corrected chi connectivity index (χ3v) is 6.17. The smallest absolute Gasteiger partial charge is 0.261 e. The van der Waals surface area contributed by atoms with Gasteiger partial charge in [-0.3, -0.25) is 9.59 Å². The van der Waals surface area contributed by atoms with Crippen LogP contribution in [0.25, 0.3) is 10.8 Å². The molecule has 0 aliphatic rings. The molecular formula is C27H31BrN2O4. The number of methoxy groups -OCH3 is 1. The first-order valence-corrected chi connectivity index (χ1v) is 11.9. The number of carbonyl (C=O) groups is 2. The average molecular weight is 527 g/mol. The molecule has 1 N–H and O–H groups in total. The van der Waals surface area contributed by atoms with Crippen molar-refractivity contribution in [3.63, 3.8) is 0 Å². The van der Waals surface area contributed by atoms with E-state index in [1.54, 1.807) is 14.0 Å². The zero-order valence-electron chi connectivity index (χ0n) is 20.2. The van der Waals surface area contributed by atoms with Gasteiger partial charge >= 0.3 is 0 Å². The van der Waals surface area contributed by atoms with Gasteiger partial charge in [-0.05, 0) is 78.2 Å². The van der Waals surface area contributed by atoms with Crippen LogP contribution in [0.5, 0.6) is 11.5 Å². The minimum atomic E-state index is -0.683. The maximum absolute atomic E-state index is 13.3. The molecule has 0 aromatic heterocycles. The van der Waals surface area contributed by atoms with Gasteiger partial charge in [0.15, 0.2) is 6.61 Å². The maximum Gasteiger partial charge on any atom is 0.261 e. The molecule has 34 heavy (non-hydrogen) atoms. The molecule has 0 aliphatic heterocycles. The largest absolute Gasteiger partial charge is 0.497 e. The Bertz CT molecular complexity index is 1160. The second kappa shape index (κ2) is 10.9. The minimum absolute atomic E-state index is 0.194. The summed E-state index contributed by atoms with van der Waals surface area (Å²) in [6, 6.07) is 18.5. The van der Waals surface area contributed by atoms with E-state index >= 15 is 0 Å². The van der Waals surface area contributed by atoms with Crippen LogP contribution in [0.2, 0.25) is 0 Å². The first-order valence-electron chi connectivity index (χ1n) is 11.1. The zero-order valence-corrected chi connectivity index (χ0v) is 21.8. The molecule has 0 heterocycles. The highest BCUT2D eigenvalue weighted by atomic mass is 79.9. The predicted molar refractivity (Wildman–Crippen MR) is 138 cm³/mol. The third kappa shape index (κ3) is 6.50. The Labute approximate surface area is 209 Å². The highest BCUT2D eigenvalue weighted by Gasteiger charge is 2.29. The SMILES string of the molecule is COc1ccc(CN(C(=O)COc2ccc3ccccc3c2Br)[C@@H](C)C(=O)NC(C)(C)C)cc1. The highest BCUT2D eigenvalue weighted by Crippen LogP contribution is 2.33. The van der Waals surface area contributed by atoms with Gasteiger partial charge in [-0.25, -0.2) is 0 Å². The van der Waals surface area contributed by atoms with Crippen LogP contribution in [0.3, 0.4) is 0 Å². The lowest BCUT2D eigenvalue weighted by atomic mass is 10.1. The number of carbonyl (C=O) groups excluding carboxylic acids is 2. The first kappa shape index (κ1) is 25.6. The molecule has 6 nitrogen and oxygen atoms in total. The van der Waals surface area contributed by atoms with Crippen molar-refractivity contribution in [2.75, 3.05) is 13.7 Å². The lowest BCUT2D eigenvalue weighted by molar-refractivity contribution is -0.142. The summed E-state index contributed by atoms with van der Waals surface area (Å²) < 4.78 is 11.9. The molecule has 0 spiro atoms. The molecule has 0 unspecified atom stereocenters. The van der Waals surface area contributed by atoms with E-state index in [0.29, 0.717) is 5.75 Å². The van der Waals surface area contributed by atoms with Gasteiger partial charge in [0.05, 0.1) is 11.6 Å².